The Hall–Kier alpha value is -1.46. The maximum absolute atomic E-state index is 5.57. The number of ether oxygens (including phenoxy) is 1. The Balaban J connectivity index is 1.67. The molecule has 5 heteroatoms. The Labute approximate surface area is 137 Å². The molecular weight excluding hydrogens is 288 g/mol. The van der Waals surface area contributed by atoms with Crippen LogP contribution in [-0.2, 0) is 11.3 Å². The van der Waals surface area contributed by atoms with E-state index in [0.717, 1.165) is 43.9 Å². The van der Waals surface area contributed by atoms with Crippen LogP contribution in [-0.4, -0.2) is 51.8 Å². The second kappa shape index (κ2) is 6.21. The molecule has 0 aliphatic carbocycles. The van der Waals surface area contributed by atoms with E-state index in [0.29, 0.717) is 17.9 Å². The standard InChI is InChI=1S/C18H26N4O/c1-13(2)21-8-5-15(11-21)17-20-16-4-3-7-19-18(16)22(17)10-14-6-9-23-12-14/h3-4,7,13-15H,5-6,8-12H2,1-2H3. The predicted molar refractivity (Wildman–Crippen MR) is 90.5 cm³/mol. The third kappa shape index (κ3) is 2.88. The van der Waals surface area contributed by atoms with Crippen LogP contribution >= 0.6 is 0 Å². The number of nitrogens with zero attached hydrogens (tertiary/aromatic N) is 4. The van der Waals surface area contributed by atoms with E-state index < -0.39 is 0 Å². The van der Waals surface area contributed by atoms with Crippen molar-refractivity contribution in [2.45, 2.75) is 45.2 Å². The SMILES string of the molecule is CC(C)N1CCC(c2nc3cccnc3n2CC2CCOC2)C1. The number of imidazole rings is 1. The number of hydrogen-bond donors (Lipinski definition) is 0. The highest BCUT2D eigenvalue weighted by Crippen LogP contribution is 2.31. The molecule has 0 bridgehead atoms. The van der Waals surface area contributed by atoms with Crippen LogP contribution in [0.15, 0.2) is 18.3 Å². The fourth-order valence-electron chi connectivity index (χ4n) is 3.92. The molecular formula is C18H26N4O. The molecule has 2 aromatic heterocycles. The molecule has 0 aromatic carbocycles. The van der Waals surface area contributed by atoms with Gasteiger partial charge in [-0.2, -0.15) is 0 Å². The lowest BCUT2D eigenvalue weighted by molar-refractivity contribution is 0.182. The van der Waals surface area contributed by atoms with E-state index >= 15 is 0 Å². The van der Waals surface area contributed by atoms with Gasteiger partial charge in [0.25, 0.3) is 0 Å². The van der Waals surface area contributed by atoms with Crippen LogP contribution in [0.5, 0.6) is 0 Å². The number of pyridine rings is 1. The van der Waals surface area contributed by atoms with Gasteiger partial charge in [-0.25, -0.2) is 9.97 Å². The van der Waals surface area contributed by atoms with E-state index in [9.17, 15) is 0 Å². The van der Waals surface area contributed by atoms with E-state index in [-0.39, 0.29) is 0 Å². The van der Waals surface area contributed by atoms with E-state index in [1.165, 1.54) is 18.8 Å². The van der Waals surface area contributed by atoms with E-state index in [1.54, 1.807) is 0 Å². The van der Waals surface area contributed by atoms with E-state index in [2.05, 4.69) is 34.4 Å². The molecule has 5 nitrogen and oxygen atoms in total. The van der Waals surface area contributed by atoms with Gasteiger partial charge in [0.05, 0.1) is 6.61 Å². The van der Waals surface area contributed by atoms with Crippen molar-refractivity contribution in [1.29, 1.82) is 0 Å². The van der Waals surface area contributed by atoms with Crippen LogP contribution in [0.25, 0.3) is 11.2 Å². The van der Waals surface area contributed by atoms with E-state index in [4.69, 9.17) is 9.72 Å². The molecule has 2 aliphatic heterocycles. The predicted octanol–water partition coefficient (Wildman–Crippen LogP) is 2.67. The molecule has 4 rings (SSSR count). The van der Waals surface area contributed by atoms with Crippen molar-refractivity contribution >= 4 is 11.2 Å². The van der Waals surface area contributed by atoms with Crippen LogP contribution in [0.4, 0.5) is 0 Å². The van der Waals surface area contributed by atoms with Gasteiger partial charge in [-0.3, -0.25) is 0 Å². The zero-order chi connectivity index (χ0) is 15.8. The summed E-state index contributed by atoms with van der Waals surface area (Å²) in [6, 6.07) is 4.68. The maximum atomic E-state index is 5.57. The van der Waals surface area contributed by atoms with E-state index in [1.807, 2.05) is 12.3 Å². The third-order valence-electron chi connectivity index (χ3n) is 5.31. The lowest BCUT2D eigenvalue weighted by Gasteiger charge is -2.20. The molecule has 0 saturated carbocycles. The molecule has 2 fully saturated rings. The van der Waals surface area contributed by atoms with Crippen molar-refractivity contribution in [2.75, 3.05) is 26.3 Å². The van der Waals surface area contributed by atoms with Crippen LogP contribution in [0.2, 0.25) is 0 Å². The fraction of sp³-hybridized carbons (Fsp3) is 0.667. The van der Waals surface area contributed by atoms with Gasteiger partial charge < -0.3 is 14.2 Å². The first kappa shape index (κ1) is 15.1. The Kier molecular flexibility index (Phi) is 4.07. The minimum atomic E-state index is 0.522. The minimum absolute atomic E-state index is 0.522. The molecule has 2 aromatic rings. The monoisotopic (exact) mass is 314 g/mol. The van der Waals surface area contributed by atoms with Crippen LogP contribution < -0.4 is 0 Å². The molecule has 2 aliphatic rings. The molecule has 0 radical (unpaired) electrons. The quantitative estimate of drug-likeness (QED) is 0.870. The third-order valence-corrected chi connectivity index (χ3v) is 5.31. The van der Waals surface area contributed by atoms with Gasteiger partial charge >= 0.3 is 0 Å². The molecule has 2 atom stereocenters. The number of aromatic nitrogens is 3. The summed E-state index contributed by atoms with van der Waals surface area (Å²) in [5.74, 6) is 2.35. The maximum Gasteiger partial charge on any atom is 0.160 e. The molecule has 4 heterocycles. The average molecular weight is 314 g/mol. The summed E-state index contributed by atoms with van der Waals surface area (Å²) >= 11 is 0. The molecule has 2 saturated heterocycles. The van der Waals surface area contributed by atoms with Crippen molar-refractivity contribution < 1.29 is 4.74 Å². The van der Waals surface area contributed by atoms with Crippen molar-refractivity contribution in [3.63, 3.8) is 0 Å². The zero-order valence-electron chi connectivity index (χ0n) is 14.1. The Morgan fingerprint density at radius 1 is 1.35 bits per heavy atom. The summed E-state index contributed by atoms with van der Waals surface area (Å²) in [6.45, 7) is 9.60. The zero-order valence-corrected chi connectivity index (χ0v) is 14.1. The lowest BCUT2D eigenvalue weighted by atomic mass is 10.1. The van der Waals surface area contributed by atoms with Crippen LogP contribution in [0, 0.1) is 5.92 Å². The number of fused-ring (bicyclic) bond motifs is 1. The molecule has 0 spiro atoms. The lowest BCUT2D eigenvalue weighted by Crippen LogP contribution is -2.28. The number of hydrogen-bond acceptors (Lipinski definition) is 4. The summed E-state index contributed by atoms with van der Waals surface area (Å²) < 4.78 is 7.95. The first-order valence-electron chi connectivity index (χ1n) is 8.85. The Morgan fingerprint density at radius 2 is 2.26 bits per heavy atom. The van der Waals surface area contributed by atoms with Crippen molar-refractivity contribution in [2.24, 2.45) is 5.92 Å². The number of rotatable bonds is 4. The largest absolute Gasteiger partial charge is 0.381 e. The van der Waals surface area contributed by atoms with Gasteiger partial charge in [0.1, 0.15) is 11.3 Å². The fourth-order valence-corrected chi connectivity index (χ4v) is 3.92. The number of likely N-dealkylation sites (tertiary alicyclic amines) is 1. The molecule has 23 heavy (non-hydrogen) atoms. The summed E-state index contributed by atoms with van der Waals surface area (Å²) in [7, 11) is 0. The summed E-state index contributed by atoms with van der Waals surface area (Å²) in [5, 5.41) is 0. The van der Waals surface area contributed by atoms with Gasteiger partial charge in [-0.05, 0) is 45.4 Å². The smallest absolute Gasteiger partial charge is 0.160 e. The second-order valence-electron chi connectivity index (χ2n) is 7.23. The summed E-state index contributed by atoms with van der Waals surface area (Å²) in [5.41, 5.74) is 2.07. The average Bonchev–Trinajstić information content (AvgIpc) is 3.27. The van der Waals surface area contributed by atoms with Crippen molar-refractivity contribution in [3.05, 3.63) is 24.2 Å². The molecule has 0 N–H and O–H groups in total. The highest BCUT2D eigenvalue weighted by atomic mass is 16.5. The van der Waals surface area contributed by atoms with Gasteiger partial charge in [0, 0.05) is 43.8 Å². The summed E-state index contributed by atoms with van der Waals surface area (Å²) in [6.07, 6.45) is 4.22. The van der Waals surface area contributed by atoms with Crippen LogP contribution in [0.3, 0.4) is 0 Å². The van der Waals surface area contributed by atoms with Gasteiger partial charge in [-0.1, -0.05) is 0 Å². The Morgan fingerprint density at radius 3 is 3.00 bits per heavy atom. The van der Waals surface area contributed by atoms with Crippen LogP contribution in [0.1, 0.15) is 38.4 Å². The molecule has 0 amide bonds. The van der Waals surface area contributed by atoms with Gasteiger partial charge in [0.15, 0.2) is 5.65 Å². The first-order valence-corrected chi connectivity index (χ1v) is 8.85. The highest BCUT2D eigenvalue weighted by molar-refractivity contribution is 5.71. The Bertz CT molecular complexity index is 675. The van der Waals surface area contributed by atoms with Crippen molar-refractivity contribution in [1.82, 2.24) is 19.4 Å². The second-order valence-corrected chi connectivity index (χ2v) is 7.23. The molecule has 2 unspecified atom stereocenters. The summed E-state index contributed by atoms with van der Waals surface area (Å²) in [4.78, 5) is 12.1. The minimum Gasteiger partial charge on any atom is -0.381 e. The molecule has 124 valence electrons. The van der Waals surface area contributed by atoms with Crippen molar-refractivity contribution in [3.8, 4) is 0 Å². The normalized spacial score (nSPS) is 25.9. The topological polar surface area (TPSA) is 43.2 Å². The highest BCUT2D eigenvalue weighted by Gasteiger charge is 2.30. The van der Waals surface area contributed by atoms with Gasteiger partial charge in [-0.15, -0.1) is 0 Å². The van der Waals surface area contributed by atoms with Gasteiger partial charge in [0.2, 0.25) is 0 Å². The first-order chi connectivity index (χ1) is 11.2.